The lowest BCUT2D eigenvalue weighted by Gasteiger charge is -2.54. The molecule has 1 fully saturated rings. The van der Waals surface area contributed by atoms with Crippen molar-refractivity contribution in [2.45, 2.75) is 71.1 Å². The standard InChI is InChI=1S/C21H28Cl2O2/c1-12(2)17-15(22)11-14-13(18(17)23)7-8-16-20(14,3)9-6-10-21(16,4)19(24)25-5/h11-12,16H,6-10H2,1-5H3. The van der Waals surface area contributed by atoms with Crippen LogP contribution in [0.3, 0.4) is 0 Å². The third-order valence-electron chi connectivity index (χ3n) is 6.81. The van der Waals surface area contributed by atoms with E-state index in [9.17, 15) is 4.79 Å². The minimum Gasteiger partial charge on any atom is -0.469 e. The fourth-order valence-corrected chi connectivity index (χ4v) is 6.55. The van der Waals surface area contributed by atoms with Crippen LogP contribution in [0.2, 0.25) is 10.0 Å². The summed E-state index contributed by atoms with van der Waals surface area (Å²) in [6, 6.07) is 2.13. The van der Waals surface area contributed by atoms with Crippen LogP contribution in [0.1, 0.15) is 76.0 Å². The Morgan fingerprint density at radius 2 is 1.96 bits per heavy atom. The summed E-state index contributed by atoms with van der Waals surface area (Å²) in [7, 11) is 1.50. The van der Waals surface area contributed by atoms with Crippen LogP contribution >= 0.6 is 23.2 Å². The number of carbonyl (C=O) groups is 1. The Kier molecular flexibility index (Phi) is 4.92. The molecule has 1 aromatic carbocycles. The number of fused-ring (bicyclic) bond motifs is 3. The lowest BCUT2D eigenvalue weighted by atomic mass is 9.49. The van der Waals surface area contributed by atoms with Crippen LogP contribution in [0.25, 0.3) is 0 Å². The summed E-state index contributed by atoms with van der Waals surface area (Å²) in [6.07, 6.45) is 4.83. The van der Waals surface area contributed by atoms with E-state index in [0.29, 0.717) is 5.92 Å². The van der Waals surface area contributed by atoms with Gasteiger partial charge in [0.15, 0.2) is 0 Å². The number of esters is 1. The average Bonchev–Trinajstić information content (AvgIpc) is 2.54. The Balaban J connectivity index is 2.17. The molecular weight excluding hydrogens is 355 g/mol. The molecule has 1 saturated carbocycles. The second-order valence-corrected chi connectivity index (χ2v) is 9.32. The van der Waals surface area contributed by atoms with Gasteiger partial charge in [-0.05, 0) is 72.6 Å². The van der Waals surface area contributed by atoms with Crippen LogP contribution < -0.4 is 0 Å². The molecule has 0 radical (unpaired) electrons. The first-order valence-corrected chi connectivity index (χ1v) is 10.0. The van der Waals surface area contributed by atoms with Gasteiger partial charge in [-0.25, -0.2) is 0 Å². The fourth-order valence-electron chi connectivity index (χ4n) is 5.56. The van der Waals surface area contributed by atoms with Crippen molar-refractivity contribution in [2.24, 2.45) is 11.3 Å². The summed E-state index contributed by atoms with van der Waals surface area (Å²) in [4.78, 5) is 12.6. The van der Waals surface area contributed by atoms with E-state index in [1.807, 2.05) is 0 Å². The summed E-state index contributed by atoms with van der Waals surface area (Å²) in [5.41, 5.74) is 3.02. The number of hydrogen-bond acceptors (Lipinski definition) is 2. The van der Waals surface area contributed by atoms with Crippen LogP contribution in [0.4, 0.5) is 0 Å². The summed E-state index contributed by atoms with van der Waals surface area (Å²) in [6.45, 7) is 8.62. The van der Waals surface area contributed by atoms with Gasteiger partial charge in [-0.2, -0.15) is 0 Å². The van der Waals surface area contributed by atoms with Gasteiger partial charge in [-0.3, -0.25) is 4.79 Å². The molecular formula is C21H28Cl2O2. The molecule has 138 valence electrons. The second kappa shape index (κ2) is 6.46. The Hall–Kier alpha value is -0.730. The van der Waals surface area contributed by atoms with E-state index in [-0.39, 0.29) is 17.3 Å². The van der Waals surface area contributed by atoms with E-state index < -0.39 is 5.41 Å². The molecule has 3 unspecified atom stereocenters. The molecule has 2 aliphatic rings. The van der Waals surface area contributed by atoms with Crippen molar-refractivity contribution in [2.75, 3.05) is 7.11 Å². The quantitative estimate of drug-likeness (QED) is 0.560. The monoisotopic (exact) mass is 382 g/mol. The number of rotatable bonds is 2. The maximum Gasteiger partial charge on any atom is 0.311 e. The predicted molar refractivity (Wildman–Crippen MR) is 104 cm³/mol. The smallest absolute Gasteiger partial charge is 0.311 e. The van der Waals surface area contributed by atoms with Crippen LogP contribution in [0.15, 0.2) is 6.07 Å². The number of carbonyl (C=O) groups excluding carboxylic acids is 1. The van der Waals surface area contributed by atoms with Gasteiger partial charge in [-0.15, -0.1) is 0 Å². The predicted octanol–water partition coefficient (Wildman–Crippen LogP) is 6.30. The Labute approximate surface area is 161 Å². The largest absolute Gasteiger partial charge is 0.469 e. The molecule has 0 amide bonds. The number of halogens is 2. The molecule has 2 nitrogen and oxygen atoms in total. The van der Waals surface area contributed by atoms with E-state index in [1.54, 1.807) is 0 Å². The zero-order valence-electron chi connectivity index (χ0n) is 15.8. The van der Waals surface area contributed by atoms with Gasteiger partial charge < -0.3 is 4.74 Å². The van der Waals surface area contributed by atoms with E-state index in [4.69, 9.17) is 27.9 Å². The maximum absolute atomic E-state index is 12.6. The maximum atomic E-state index is 12.6. The van der Waals surface area contributed by atoms with Gasteiger partial charge >= 0.3 is 5.97 Å². The topological polar surface area (TPSA) is 26.3 Å². The molecule has 3 rings (SSSR count). The van der Waals surface area contributed by atoms with Crippen molar-refractivity contribution in [3.63, 3.8) is 0 Å². The average molecular weight is 383 g/mol. The zero-order chi connectivity index (χ0) is 18.6. The Bertz CT molecular complexity index is 712. The Morgan fingerprint density at radius 1 is 1.28 bits per heavy atom. The molecule has 0 saturated heterocycles. The van der Waals surface area contributed by atoms with Gasteiger partial charge in [0, 0.05) is 10.0 Å². The van der Waals surface area contributed by atoms with Gasteiger partial charge in [0.05, 0.1) is 12.5 Å². The highest BCUT2D eigenvalue weighted by molar-refractivity contribution is 6.36. The molecule has 0 bridgehead atoms. The third kappa shape index (κ3) is 2.72. The molecule has 0 aromatic heterocycles. The van der Waals surface area contributed by atoms with E-state index in [0.717, 1.165) is 47.7 Å². The highest BCUT2D eigenvalue weighted by Crippen LogP contribution is 2.59. The SMILES string of the molecule is COC(=O)C1(C)CCCC2(C)c3cc(Cl)c(C(C)C)c(Cl)c3CCC12. The zero-order valence-corrected chi connectivity index (χ0v) is 17.4. The lowest BCUT2D eigenvalue weighted by molar-refractivity contribution is -0.161. The molecule has 25 heavy (non-hydrogen) atoms. The molecule has 0 aliphatic heterocycles. The van der Waals surface area contributed by atoms with Gasteiger partial charge in [-0.1, -0.05) is 50.4 Å². The molecule has 4 heteroatoms. The third-order valence-corrected chi connectivity index (χ3v) is 7.56. The molecule has 0 spiro atoms. The van der Waals surface area contributed by atoms with Crippen LogP contribution in [0, 0.1) is 11.3 Å². The minimum absolute atomic E-state index is 0.0807. The van der Waals surface area contributed by atoms with Gasteiger partial charge in [0.25, 0.3) is 0 Å². The van der Waals surface area contributed by atoms with E-state index >= 15 is 0 Å². The first kappa shape index (κ1) is 19.0. The second-order valence-electron chi connectivity index (χ2n) is 8.54. The highest BCUT2D eigenvalue weighted by Gasteiger charge is 2.56. The molecule has 0 heterocycles. The van der Waals surface area contributed by atoms with Gasteiger partial charge in [0.2, 0.25) is 0 Å². The Morgan fingerprint density at radius 3 is 2.56 bits per heavy atom. The van der Waals surface area contributed by atoms with E-state index in [2.05, 4.69) is 33.8 Å². The first-order valence-electron chi connectivity index (χ1n) is 9.26. The lowest BCUT2D eigenvalue weighted by Crippen LogP contribution is -2.52. The van der Waals surface area contributed by atoms with Crippen molar-refractivity contribution in [1.29, 1.82) is 0 Å². The molecule has 2 aliphatic carbocycles. The number of methoxy groups -OCH3 is 1. The van der Waals surface area contributed by atoms with Crippen molar-refractivity contribution >= 4 is 29.2 Å². The summed E-state index contributed by atoms with van der Waals surface area (Å²) in [5.74, 6) is 0.469. The normalized spacial score (nSPS) is 31.4. The molecule has 1 aromatic rings. The highest BCUT2D eigenvalue weighted by atomic mass is 35.5. The fraction of sp³-hybridized carbons (Fsp3) is 0.667. The first-order chi connectivity index (χ1) is 11.7. The van der Waals surface area contributed by atoms with Crippen LogP contribution in [0.5, 0.6) is 0 Å². The van der Waals surface area contributed by atoms with Crippen molar-refractivity contribution < 1.29 is 9.53 Å². The van der Waals surface area contributed by atoms with E-state index in [1.165, 1.54) is 18.2 Å². The minimum atomic E-state index is -0.435. The van der Waals surface area contributed by atoms with Crippen LogP contribution in [-0.4, -0.2) is 13.1 Å². The molecule has 0 N–H and O–H groups in total. The van der Waals surface area contributed by atoms with Crippen LogP contribution in [-0.2, 0) is 21.4 Å². The number of hydrogen-bond donors (Lipinski definition) is 0. The van der Waals surface area contributed by atoms with Crippen molar-refractivity contribution in [3.05, 3.63) is 32.8 Å². The van der Waals surface area contributed by atoms with Crippen molar-refractivity contribution in [1.82, 2.24) is 0 Å². The van der Waals surface area contributed by atoms with Crippen molar-refractivity contribution in [3.8, 4) is 0 Å². The summed E-state index contributed by atoms with van der Waals surface area (Å²) >= 11 is 13.4. The molecule has 3 atom stereocenters. The summed E-state index contributed by atoms with van der Waals surface area (Å²) in [5, 5.41) is 1.59. The number of benzene rings is 1. The number of ether oxygens (including phenoxy) is 1. The summed E-state index contributed by atoms with van der Waals surface area (Å²) < 4.78 is 5.18. The van der Waals surface area contributed by atoms with Gasteiger partial charge in [0.1, 0.15) is 0 Å².